The Kier molecular flexibility index (Phi) is 4.11. The molecular weight excluding hydrogens is 289 g/mol. The molecule has 0 amide bonds. The molecule has 0 aliphatic heterocycles. The van der Waals surface area contributed by atoms with Crippen LogP contribution < -0.4 is 10.5 Å². The van der Waals surface area contributed by atoms with Crippen molar-refractivity contribution in [3.63, 3.8) is 0 Å². The molecule has 2 rings (SSSR count). The van der Waals surface area contributed by atoms with E-state index in [1.807, 2.05) is 0 Å². The fourth-order valence-electron chi connectivity index (χ4n) is 1.58. The Bertz CT molecular complexity index is 527. The summed E-state index contributed by atoms with van der Waals surface area (Å²) in [6.07, 6.45) is 1.59. The number of benzene rings is 1. The molecule has 4 nitrogen and oxygen atoms in total. The van der Waals surface area contributed by atoms with Gasteiger partial charge in [-0.1, -0.05) is 12.1 Å². The van der Waals surface area contributed by atoms with E-state index in [1.54, 1.807) is 25.4 Å². The summed E-state index contributed by atoms with van der Waals surface area (Å²) >= 11 is 0. The quantitative estimate of drug-likeness (QED) is 0.927. The van der Waals surface area contributed by atoms with Crippen molar-refractivity contribution in [1.82, 2.24) is 9.78 Å². The van der Waals surface area contributed by atoms with Crippen LogP contribution in [0.2, 0.25) is 0 Å². The van der Waals surface area contributed by atoms with Gasteiger partial charge in [0.25, 0.3) is 0 Å². The number of ether oxygens (including phenoxy) is 1. The molecule has 0 bridgehead atoms. The molecule has 1 aromatic heterocycles. The van der Waals surface area contributed by atoms with E-state index in [0.29, 0.717) is 16.9 Å². The van der Waals surface area contributed by atoms with E-state index in [1.165, 1.54) is 17.9 Å². The van der Waals surface area contributed by atoms with E-state index < -0.39 is 5.82 Å². The van der Waals surface area contributed by atoms with E-state index in [-0.39, 0.29) is 22.7 Å². The fraction of sp³-hybridized carbons (Fsp3) is 0.182. The van der Waals surface area contributed by atoms with Crippen LogP contribution in [0.1, 0.15) is 0 Å². The highest BCUT2D eigenvalue weighted by Crippen LogP contribution is 2.34. The first-order chi connectivity index (χ1) is 7.65. The van der Waals surface area contributed by atoms with Crippen LogP contribution in [0.3, 0.4) is 0 Å². The number of para-hydroxylation sites is 1. The standard InChI is InChI=1S/C11H12FN3O.BrH/c1-15-11(13)8(6-14-15)7-4-3-5-9(12)10(7)16-2;/h3-6H,13H2,1-2H3;1H. The normalized spacial score (nSPS) is 9.82. The highest BCUT2D eigenvalue weighted by molar-refractivity contribution is 8.93. The van der Waals surface area contributed by atoms with E-state index in [9.17, 15) is 4.39 Å². The van der Waals surface area contributed by atoms with E-state index in [0.717, 1.165) is 0 Å². The van der Waals surface area contributed by atoms with Gasteiger partial charge in [-0.2, -0.15) is 5.10 Å². The molecule has 0 saturated carbocycles. The number of nitrogen functional groups attached to an aromatic ring is 1. The lowest BCUT2D eigenvalue weighted by atomic mass is 10.1. The maximum Gasteiger partial charge on any atom is 0.165 e. The summed E-state index contributed by atoms with van der Waals surface area (Å²) in [5.41, 5.74) is 7.10. The average molecular weight is 302 g/mol. The smallest absolute Gasteiger partial charge is 0.165 e. The van der Waals surface area contributed by atoms with Gasteiger partial charge in [0.1, 0.15) is 5.82 Å². The van der Waals surface area contributed by atoms with Gasteiger partial charge in [-0.15, -0.1) is 17.0 Å². The minimum atomic E-state index is -0.414. The van der Waals surface area contributed by atoms with Crippen LogP contribution in [0.4, 0.5) is 10.2 Å². The number of methoxy groups -OCH3 is 1. The maximum absolute atomic E-state index is 13.5. The van der Waals surface area contributed by atoms with Crippen LogP contribution in [0, 0.1) is 5.82 Å². The van der Waals surface area contributed by atoms with Crippen molar-refractivity contribution in [2.45, 2.75) is 0 Å². The predicted molar refractivity (Wildman–Crippen MR) is 69.9 cm³/mol. The Morgan fingerprint density at radius 2 is 2.06 bits per heavy atom. The molecule has 17 heavy (non-hydrogen) atoms. The number of hydrogen-bond acceptors (Lipinski definition) is 3. The fourth-order valence-corrected chi connectivity index (χ4v) is 1.58. The first-order valence-electron chi connectivity index (χ1n) is 4.75. The van der Waals surface area contributed by atoms with E-state index >= 15 is 0 Å². The van der Waals surface area contributed by atoms with Gasteiger partial charge in [0.15, 0.2) is 11.6 Å². The van der Waals surface area contributed by atoms with Crippen molar-refractivity contribution in [2.24, 2.45) is 7.05 Å². The number of aromatic nitrogens is 2. The molecule has 2 aromatic rings. The lowest BCUT2D eigenvalue weighted by Gasteiger charge is -2.08. The third-order valence-corrected chi connectivity index (χ3v) is 2.45. The van der Waals surface area contributed by atoms with Crippen LogP contribution in [0.25, 0.3) is 11.1 Å². The van der Waals surface area contributed by atoms with Crippen LogP contribution >= 0.6 is 17.0 Å². The summed E-state index contributed by atoms with van der Waals surface area (Å²) in [5, 5.41) is 4.01. The molecule has 0 fully saturated rings. The van der Waals surface area contributed by atoms with E-state index in [2.05, 4.69) is 5.10 Å². The Morgan fingerprint density at radius 1 is 1.35 bits per heavy atom. The summed E-state index contributed by atoms with van der Waals surface area (Å²) < 4.78 is 20.0. The van der Waals surface area contributed by atoms with Crippen LogP contribution in [0.15, 0.2) is 24.4 Å². The first kappa shape index (κ1) is 13.5. The number of halogens is 2. The van der Waals surface area contributed by atoms with Crippen LogP contribution in [0.5, 0.6) is 5.75 Å². The largest absolute Gasteiger partial charge is 0.493 e. The van der Waals surface area contributed by atoms with Crippen molar-refractivity contribution < 1.29 is 9.13 Å². The summed E-state index contributed by atoms with van der Waals surface area (Å²) in [5.74, 6) is 0.245. The second-order valence-electron chi connectivity index (χ2n) is 3.39. The van der Waals surface area contributed by atoms with Crippen molar-refractivity contribution in [3.05, 3.63) is 30.2 Å². The summed E-state index contributed by atoms with van der Waals surface area (Å²) in [7, 11) is 3.15. The van der Waals surface area contributed by atoms with Gasteiger partial charge in [-0.25, -0.2) is 4.39 Å². The molecule has 1 aromatic carbocycles. The molecule has 0 unspecified atom stereocenters. The molecule has 0 aliphatic carbocycles. The number of aryl methyl sites for hydroxylation is 1. The van der Waals surface area contributed by atoms with Gasteiger partial charge in [-0.3, -0.25) is 4.68 Å². The van der Waals surface area contributed by atoms with Gasteiger partial charge >= 0.3 is 0 Å². The Hall–Kier alpha value is -1.56. The highest BCUT2D eigenvalue weighted by Gasteiger charge is 2.15. The summed E-state index contributed by atoms with van der Waals surface area (Å²) in [6.45, 7) is 0. The van der Waals surface area contributed by atoms with Gasteiger partial charge in [0, 0.05) is 18.2 Å². The molecular formula is C11H13BrFN3O. The predicted octanol–water partition coefficient (Wildman–Crippen LogP) is 2.39. The number of rotatable bonds is 2. The third-order valence-electron chi connectivity index (χ3n) is 2.45. The van der Waals surface area contributed by atoms with Gasteiger partial charge in [0.05, 0.1) is 13.3 Å². The zero-order valence-corrected chi connectivity index (χ0v) is 11.2. The Labute approximate surface area is 109 Å². The Balaban J connectivity index is 0.00000144. The molecule has 0 saturated heterocycles. The minimum Gasteiger partial charge on any atom is -0.493 e. The number of nitrogens with two attached hydrogens (primary N) is 1. The van der Waals surface area contributed by atoms with Crippen molar-refractivity contribution in [3.8, 4) is 16.9 Å². The number of hydrogen-bond donors (Lipinski definition) is 1. The molecule has 0 spiro atoms. The second kappa shape index (κ2) is 5.18. The molecule has 0 atom stereocenters. The lowest BCUT2D eigenvalue weighted by Crippen LogP contribution is -1.99. The zero-order chi connectivity index (χ0) is 11.7. The van der Waals surface area contributed by atoms with Crippen LogP contribution in [-0.2, 0) is 7.05 Å². The maximum atomic E-state index is 13.5. The Morgan fingerprint density at radius 3 is 2.59 bits per heavy atom. The van der Waals surface area contributed by atoms with Crippen molar-refractivity contribution in [2.75, 3.05) is 12.8 Å². The molecule has 2 N–H and O–H groups in total. The molecule has 1 heterocycles. The molecule has 0 aliphatic rings. The second-order valence-corrected chi connectivity index (χ2v) is 3.39. The topological polar surface area (TPSA) is 53.1 Å². The summed E-state index contributed by atoms with van der Waals surface area (Å²) in [6, 6.07) is 4.70. The van der Waals surface area contributed by atoms with Gasteiger partial charge in [0.2, 0.25) is 0 Å². The molecule has 0 radical (unpaired) electrons. The molecule has 92 valence electrons. The average Bonchev–Trinajstić information content (AvgIpc) is 2.59. The number of anilines is 1. The summed E-state index contributed by atoms with van der Waals surface area (Å²) in [4.78, 5) is 0. The minimum absolute atomic E-state index is 0. The van der Waals surface area contributed by atoms with Gasteiger partial charge < -0.3 is 10.5 Å². The van der Waals surface area contributed by atoms with E-state index in [4.69, 9.17) is 10.5 Å². The molecule has 6 heteroatoms. The van der Waals surface area contributed by atoms with Gasteiger partial charge in [-0.05, 0) is 6.07 Å². The highest BCUT2D eigenvalue weighted by atomic mass is 79.9. The zero-order valence-electron chi connectivity index (χ0n) is 9.48. The first-order valence-corrected chi connectivity index (χ1v) is 4.75. The van der Waals surface area contributed by atoms with Crippen LogP contribution in [-0.4, -0.2) is 16.9 Å². The SMILES string of the molecule is Br.COc1c(F)cccc1-c1cnn(C)c1N. The van der Waals surface area contributed by atoms with Crippen molar-refractivity contribution in [1.29, 1.82) is 0 Å². The van der Waals surface area contributed by atoms with Crippen molar-refractivity contribution >= 4 is 22.8 Å². The lowest BCUT2D eigenvalue weighted by molar-refractivity contribution is 0.388. The monoisotopic (exact) mass is 301 g/mol. The number of nitrogens with zero attached hydrogens (tertiary/aromatic N) is 2. The third kappa shape index (κ3) is 2.26.